The Balaban J connectivity index is 2.61. The SMILES string of the molecule is Cc1cc2c(cc1C)S(=O)(=O)C(C(C)C)CN2. The van der Waals surface area contributed by atoms with E-state index in [-0.39, 0.29) is 11.2 Å². The molecule has 1 aromatic carbocycles. The zero-order chi connectivity index (χ0) is 12.8. The molecule has 1 atom stereocenters. The van der Waals surface area contributed by atoms with Gasteiger partial charge in [0.1, 0.15) is 0 Å². The second kappa shape index (κ2) is 4.02. The Bertz CT molecular complexity index is 547. The third-order valence-electron chi connectivity index (χ3n) is 3.54. The molecular formula is C13H19NO2S. The maximum Gasteiger partial charge on any atom is 0.185 e. The highest BCUT2D eigenvalue weighted by Crippen LogP contribution is 2.34. The summed E-state index contributed by atoms with van der Waals surface area (Å²) < 4.78 is 24.9. The number of nitrogens with one attached hydrogen (secondary N) is 1. The van der Waals surface area contributed by atoms with Gasteiger partial charge in [-0.05, 0) is 43.0 Å². The zero-order valence-electron chi connectivity index (χ0n) is 10.7. The van der Waals surface area contributed by atoms with Crippen LogP contribution < -0.4 is 5.32 Å². The molecule has 0 saturated carbocycles. The van der Waals surface area contributed by atoms with Crippen LogP contribution in [-0.4, -0.2) is 20.2 Å². The summed E-state index contributed by atoms with van der Waals surface area (Å²) in [6.07, 6.45) is 0. The molecule has 0 bridgehead atoms. The lowest BCUT2D eigenvalue weighted by atomic mass is 10.1. The molecule has 1 aromatic rings. The van der Waals surface area contributed by atoms with Crippen molar-refractivity contribution in [3.8, 4) is 0 Å². The minimum absolute atomic E-state index is 0.127. The van der Waals surface area contributed by atoms with Gasteiger partial charge in [0.2, 0.25) is 0 Å². The minimum atomic E-state index is -3.18. The number of fused-ring (bicyclic) bond motifs is 1. The highest BCUT2D eigenvalue weighted by Gasteiger charge is 2.35. The van der Waals surface area contributed by atoms with Gasteiger partial charge in [-0.1, -0.05) is 13.8 Å². The Morgan fingerprint density at radius 3 is 2.41 bits per heavy atom. The first-order valence-corrected chi connectivity index (χ1v) is 7.47. The summed E-state index contributed by atoms with van der Waals surface area (Å²) in [7, 11) is -3.18. The lowest BCUT2D eigenvalue weighted by Gasteiger charge is -2.29. The van der Waals surface area contributed by atoms with Gasteiger partial charge >= 0.3 is 0 Å². The van der Waals surface area contributed by atoms with Crippen molar-refractivity contribution in [3.63, 3.8) is 0 Å². The van der Waals surface area contributed by atoms with E-state index in [0.717, 1.165) is 16.8 Å². The molecule has 1 unspecified atom stereocenters. The Hall–Kier alpha value is -1.03. The fourth-order valence-electron chi connectivity index (χ4n) is 2.24. The van der Waals surface area contributed by atoms with Gasteiger partial charge in [-0.3, -0.25) is 0 Å². The predicted molar refractivity (Wildman–Crippen MR) is 70.2 cm³/mol. The zero-order valence-corrected chi connectivity index (χ0v) is 11.6. The molecule has 0 aromatic heterocycles. The standard InChI is InChI=1S/C13H19NO2S/c1-8(2)13-7-14-11-5-9(3)10(4)6-12(11)17(13,15)16/h5-6,8,13-14H,7H2,1-4H3. The second-order valence-electron chi connectivity index (χ2n) is 5.14. The van der Waals surface area contributed by atoms with Crippen molar-refractivity contribution >= 4 is 15.5 Å². The van der Waals surface area contributed by atoms with Crippen LogP contribution in [0.25, 0.3) is 0 Å². The number of benzene rings is 1. The number of aryl methyl sites for hydroxylation is 2. The maximum absolute atomic E-state index is 12.5. The van der Waals surface area contributed by atoms with Crippen molar-refractivity contribution < 1.29 is 8.42 Å². The average Bonchev–Trinajstić information content (AvgIpc) is 2.20. The summed E-state index contributed by atoms with van der Waals surface area (Å²) in [6.45, 7) is 8.37. The summed E-state index contributed by atoms with van der Waals surface area (Å²) >= 11 is 0. The summed E-state index contributed by atoms with van der Waals surface area (Å²) in [4.78, 5) is 0.463. The first-order chi connectivity index (χ1) is 7.84. The molecule has 1 aliphatic rings. The molecule has 0 aliphatic carbocycles. The second-order valence-corrected chi connectivity index (χ2v) is 7.28. The molecule has 0 fully saturated rings. The average molecular weight is 253 g/mol. The van der Waals surface area contributed by atoms with Gasteiger partial charge < -0.3 is 5.32 Å². The third-order valence-corrected chi connectivity index (χ3v) is 6.00. The van der Waals surface area contributed by atoms with Gasteiger partial charge in [0.05, 0.1) is 15.8 Å². The van der Waals surface area contributed by atoms with Gasteiger partial charge in [0, 0.05) is 6.54 Å². The van der Waals surface area contributed by atoms with Crippen LogP contribution in [0.1, 0.15) is 25.0 Å². The Morgan fingerprint density at radius 2 is 1.82 bits per heavy atom. The lowest BCUT2D eigenvalue weighted by Crippen LogP contribution is -2.38. The molecule has 2 rings (SSSR count). The van der Waals surface area contributed by atoms with E-state index in [1.165, 1.54) is 0 Å². The van der Waals surface area contributed by atoms with Crippen LogP contribution >= 0.6 is 0 Å². The molecular weight excluding hydrogens is 234 g/mol. The summed E-state index contributed by atoms with van der Waals surface area (Å²) in [5.74, 6) is 0.127. The van der Waals surface area contributed by atoms with E-state index in [1.807, 2.05) is 33.8 Å². The van der Waals surface area contributed by atoms with Crippen molar-refractivity contribution in [1.82, 2.24) is 0 Å². The Morgan fingerprint density at radius 1 is 1.24 bits per heavy atom. The van der Waals surface area contributed by atoms with Crippen LogP contribution in [0.2, 0.25) is 0 Å². The number of hydrogen-bond donors (Lipinski definition) is 1. The van der Waals surface area contributed by atoms with E-state index < -0.39 is 9.84 Å². The number of hydrogen-bond acceptors (Lipinski definition) is 3. The van der Waals surface area contributed by atoms with Crippen LogP contribution in [0, 0.1) is 19.8 Å². The molecule has 1 N–H and O–H groups in total. The van der Waals surface area contributed by atoms with Gasteiger partial charge in [0.15, 0.2) is 9.84 Å². The van der Waals surface area contributed by atoms with E-state index in [4.69, 9.17) is 0 Å². The molecule has 0 saturated heterocycles. The van der Waals surface area contributed by atoms with Gasteiger partial charge in [-0.25, -0.2) is 8.42 Å². The molecule has 17 heavy (non-hydrogen) atoms. The lowest BCUT2D eigenvalue weighted by molar-refractivity contribution is 0.533. The van der Waals surface area contributed by atoms with Gasteiger partial charge in [-0.15, -0.1) is 0 Å². The first kappa shape index (κ1) is 12.4. The molecule has 4 heteroatoms. The van der Waals surface area contributed by atoms with Gasteiger partial charge in [-0.2, -0.15) is 0 Å². The van der Waals surface area contributed by atoms with Crippen LogP contribution in [0.5, 0.6) is 0 Å². The van der Waals surface area contributed by atoms with Gasteiger partial charge in [0.25, 0.3) is 0 Å². The van der Waals surface area contributed by atoms with Crippen LogP contribution in [0.15, 0.2) is 17.0 Å². The smallest absolute Gasteiger partial charge is 0.185 e. The highest BCUT2D eigenvalue weighted by atomic mass is 32.2. The van der Waals surface area contributed by atoms with Crippen LogP contribution in [-0.2, 0) is 9.84 Å². The fraction of sp³-hybridized carbons (Fsp3) is 0.538. The van der Waals surface area contributed by atoms with Crippen LogP contribution in [0.4, 0.5) is 5.69 Å². The fourth-order valence-corrected chi connectivity index (χ4v) is 4.36. The predicted octanol–water partition coefficient (Wildman–Crippen LogP) is 2.53. The quantitative estimate of drug-likeness (QED) is 0.836. The molecule has 0 amide bonds. The molecule has 0 radical (unpaired) electrons. The van der Waals surface area contributed by atoms with E-state index in [0.29, 0.717) is 11.4 Å². The molecule has 1 heterocycles. The largest absolute Gasteiger partial charge is 0.383 e. The Kier molecular flexibility index (Phi) is 2.94. The number of sulfone groups is 1. The summed E-state index contributed by atoms with van der Waals surface area (Å²) in [5.41, 5.74) is 2.90. The van der Waals surface area contributed by atoms with Crippen molar-refractivity contribution in [2.24, 2.45) is 5.92 Å². The minimum Gasteiger partial charge on any atom is -0.383 e. The van der Waals surface area contributed by atoms with E-state index in [2.05, 4.69) is 5.32 Å². The molecule has 94 valence electrons. The highest BCUT2D eigenvalue weighted by molar-refractivity contribution is 7.92. The van der Waals surface area contributed by atoms with Crippen LogP contribution in [0.3, 0.4) is 0 Å². The van der Waals surface area contributed by atoms with E-state index in [9.17, 15) is 8.42 Å². The first-order valence-electron chi connectivity index (χ1n) is 5.93. The van der Waals surface area contributed by atoms with Crippen molar-refractivity contribution in [1.29, 1.82) is 0 Å². The molecule has 1 aliphatic heterocycles. The van der Waals surface area contributed by atoms with Crippen molar-refractivity contribution in [2.75, 3.05) is 11.9 Å². The van der Waals surface area contributed by atoms with E-state index in [1.54, 1.807) is 6.07 Å². The molecule has 3 nitrogen and oxygen atoms in total. The van der Waals surface area contributed by atoms with Crippen molar-refractivity contribution in [3.05, 3.63) is 23.3 Å². The topological polar surface area (TPSA) is 46.2 Å². The Labute approximate surface area is 103 Å². The molecule has 0 spiro atoms. The monoisotopic (exact) mass is 253 g/mol. The third kappa shape index (κ3) is 1.95. The summed E-state index contributed by atoms with van der Waals surface area (Å²) in [6, 6.07) is 3.72. The van der Waals surface area contributed by atoms with E-state index >= 15 is 0 Å². The normalized spacial score (nSPS) is 22.1. The number of rotatable bonds is 1. The van der Waals surface area contributed by atoms with Crippen molar-refractivity contribution in [2.45, 2.75) is 37.8 Å². The summed E-state index contributed by atoms with van der Waals surface area (Å²) in [5, 5.41) is 2.92. The number of anilines is 1. The maximum atomic E-state index is 12.5.